The third kappa shape index (κ3) is 3.48. The number of hydrogen-bond donors (Lipinski definition) is 2. The highest BCUT2D eigenvalue weighted by atomic mass is 16.2. The van der Waals surface area contributed by atoms with Crippen LogP contribution in [0.25, 0.3) is 5.82 Å². The van der Waals surface area contributed by atoms with Crippen LogP contribution < -0.4 is 10.2 Å². The van der Waals surface area contributed by atoms with E-state index in [1.165, 1.54) is 18.5 Å². The number of carbonyl (C=O) groups is 1. The Kier molecular flexibility index (Phi) is 4.29. The normalized spacial score (nSPS) is 18.1. The van der Waals surface area contributed by atoms with E-state index in [0.29, 0.717) is 12.5 Å². The molecule has 8 nitrogen and oxygen atoms in total. The summed E-state index contributed by atoms with van der Waals surface area (Å²) < 4.78 is 2.04. The van der Waals surface area contributed by atoms with E-state index in [0.717, 1.165) is 54.6 Å². The molecule has 0 spiro atoms. The molecule has 2 aliphatic heterocycles. The predicted octanol–water partition coefficient (Wildman–Crippen LogP) is 3.61. The van der Waals surface area contributed by atoms with Crippen LogP contribution in [0.5, 0.6) is 0 Å². The van der Waals surface area contributed by atoms with Crippen molar-refractivity contribution in [3.8, 4) is 0 Å². The molecule has 8 heteroatoms. The van der Waals surface area contributed by atoms with Gasteiger partial charge < -0.3 is 15.1 Å². The van der Waals surface area contributed by atoms with Crippen LogP contribution in [0, 0.1) is 0 Å². The van der Waals surface area contributed by atoms with E-state index in [4.69, 9.17) is 0 Å². The third-order valence-corrected chi connectivity index (χ3v) is 6.26. The second kappa shape index (κ2) is 7.30. The minimum absolute atomic E-state index is 0.115. The topological polar surface area (TPSA) is 82.1 Å². The Balaban J connectivity index is 1.29. The van der Waals surface area contributed by atoms with E-state index in [-0.39, 0.29) is 5.91 Å². The highest BCUT2D eigenvalue weighted by molar-refractivity contribution is 5.95. The van der Waals surface area contributed by atoms with Crippen LogP contribution in [-0.2, 0) is 6.54 Å². The van der Waals surface area contributed by atoms with Crippen molar-refractivity contribution in [2.75, 3.05) is 23.3 Å². The lowest BCUT2D eigenvalue weighted by atomic mass is 10.1. The van der Waals surface area contributed by atoms with Crippen molar-refractivity contribution in [1.82, 2.24) is 24.6 Å². The number of fused-ring (bicyclic) bond motifs is 1. The van der Waals surface area contributed by atoms with Crippen LogP contribution in [0.15, 0.2) is 48.9 Å². The Morgan fingerprint density at radius 1 is 1.16 bits per heavy atom. The monoisotopic (exact) mass is 415 g/mol. The van der Waals surface area contributed by atoms with Crippen LogP contribution in [0.3, 0.4) is 0 Å². The van der Waals surface area contributed by atoms with Crippen molar-refractivity contribution >= 4 is 23.2 Å². The number of aromatic nitrogens is 4. The van der Waals surface area contributed by atoms with E-state index in [1.807, 2.05) is 46.1 Å². The minimum atomic E-state index is 0.115. The average molecular weight is 416 g/mol. The van der Waals surface area contributed by atoms with Gasteiger partial charge in [0.1, 0.15) is 11.6 Å². The molecule has 0 bridgehead atoms. The first-order valence-corrected chi connectivity index (χ1v) is 11.0. The Morgan fingerprint density at radius 2 is 2.03 bits per heavy atom. The maximum atomic E-state index is 12.9. The molecule has 3 aliphatic rings. The Morgan fingerprint density at radius 3 is 2.87 bits per heavy atom. The first-order valence-electron chi connectivity index (χ1n) is 11.0. The number of nitrogens with zero attached hydrogens (tertiary/aromatic N) is 5. The second-order valence-corrected chi connectivity index (χ2v) is 8.51. The summed E-state index contributed by atoms with van der Waals surface area (Å²) in [6.07, 6.45) is 10.5. The van der Waals surface area contributed by atoms with Gasteiger partial charge in [0.05, 0.1) is 6.54 Å². The summed E-state index contributed by atoms with van der Waals surface area (Å²) in [7, 11) is 0. The lowest BCUT2D eigenvalue weighted by molar-refractivity contribution is 0.0793. The van der Waals surface area contributed by atoms with Crippen molar-refractivity contribution < 1.29 is 4.79 Å². The number of amides is 1. The van der Waals surface area contributed by atoms with Gasteiger partial charge in [-0.05, 0) is 43.9 Å². The van der Waals surface area contributed by atoms with E-state index in [1.54, 1.807) is 0 Å². The molecule has 158 valence electrons. The zero-order chi connectivity index (χ0) is 20.8. The summed E-state index contributed by atoms with van der Waals surface area (Å²) in [5.74, 6) is 3.35. The van der Waals surface area contributed by atoms with Crippen LogP contribution in [-0.4, -0.2) is 43.6 Å². The molecule has 1 aromatic carbocycles. The molecular formula is C23H25N7O. The first-order chi connectivity index (χ1) is 15.2. The lowest BCUT2D eigenvalue weighted by Gasteiger charge is -2.28. The van der Waals surface area contributed by atoms with Crippen molar-refractivity contribution in [2.45, 2.75) is 38.1 Å². The molecule has 3 aromatic rings. The van der Waals surface area contributed by atoms with Crippen molar-refractivity contribution in [1.29, 1.82) is 0 Å². The number of H-pyrrole nitrogens is 1. The van der Waals surface area contributed by atoms with Gasteiger partial charge in [-0.1, -0.05) is 6.07 Å². The van der Waals surface area contributed by atoms with Gasteiger partial charge in [-0.2, -0.15) is 5.10 Å². The van der Waals surface area contributed by atoms with Gasteiger partial charge in [0.15, 0.2) is 5.82 Å². The number of imidazole rings is 1. The van der Waals surface area contributed by atoms with Gasteiger partial charge in [-0.3, -0.25) is 14.5 Å². The summed E-state index contributed by atoms with van der Waals surface area (Å²) in [6, 6.07) is 9.96. The first kappa shape index (κ1) is 18.2. The summed E-state index contributed by atoms with van der Waals surface area (Å²) in [6.45, 7) is 2.34. The molecule has 31 heavy (non-hydrogen) atoms. The highest BCUT2D eigenvalue weighted by Crippen LogP contribution is 2.39. The number of likely N-dealkylation sites (tertiary alicyclic amines) is 1. The summed E-state index contributed by atoms with van der Waals surface area (Å²) in [5, 5.41) is 11.0. The predicted molar refractivity (Wildman–Crippen MR) is 118 cm³/mol. The molecule has 1 amide bonds. The number of benzene rings is 1. The zero-order valence-electron chi connectivity index (χ0n) is 17.3. The number of carbonyl (C=O) groups excluding carboxylic acids is 1. The molecule has 0 unspecified atom stereocenters. The van der Waals surface area contributed by atoms with Crippen LogP contribution >= 0.6 is 0 Å². The van der Waals surface area contributed by atoms with E-state index < -0.39 is 0 Å². The van der Waals surface area contributed by atoms with Crippen LogP contribution in [0.2, 0.25) is 0 Å². The Bertz CT molecular complexity index is 1150. The van der Waals surface area contributed by atoms with Crippen molar-refractivity contribution in [2.24, 2.45) is 0 Å². The molecule has 6 rings (SSSR count). The quantitative estimate of drug-likeness (QED) is 0.665. The van der Waals surface area contributed by atoms with Gasteiger partial charge in [0, 0.05) is 60.6 Å². The molecule has 0 atom stereocenters. The molecule has 1 aliphatic carbocycles. The maximum absolute atomic E-state index is 12.9. The van der Waals surface area contributed by atoms with E-state index in [2.05, 4.69) is 37.7 Å². The smallest absolute Gasteiger partial charge is 0.253 e. The zero-order valence-corrected chi connectivity index (χ0v) is 17.3. The number of rotatable bonds is 5. The molecular weight excluding hydrogens is 390 g/mol. The largest absolute Gasteiger partial charge is 0.339 e. The van der Waals surface area contributed by atoms with Gasteiger partial charge in [0.25, 0.3) is 5.91 Å². The van der Waals surface area contributed by atoms with Gasteiger partial charge in [0.2, 0.25) is 0 Å². The summed E-state index contributed by atoms with van der Waals surface area (Å²) in [5.41, 5.74) is 2.90. The van der Waals surface area contributed by atoms with E-state index >= 15 is 0 Å². The minimum Gasteiger partial charge on any atom is -0.339 e. The molecule has 0 radical (unpaired) electrons. The second-order valence-electron chi connectivity index (χ2n) is 8.51. The molecule has 2 N–H and O–H groups in total. The SMILES string of the molecule is O=C(c1cccc(N2C=C(Nc3cc(C4CC4)[nH]n3)n3ccnc3C2)c1)N1CCCC1. The fourth-order valence-corrected chi connectivity index (χ4v) is 4.39. The number of anilines is 2. The van der Waals surface area contributed by atoms with Crippen LogP contribution in [0.4, 0.5) is 11.5 Å². The highest BCUT2D eigenvalue weighted by Gasteiger charge is 2.26. The van der Waals surface area contributed by atoms with Crippen molar-refractivity contribution in [3.63, 3.8) is 0 Å². The van der Waals surface area contributed by atoms with Crippen LogP contribution in [0.1, 0.15) is 53.5 Å². The van der Waals surface area contributed by atoms with Crippen molar-refractivity contribution in [3.05, 3.63) is 66.0 Å². The molecule has 1 saturated carbocycles. The number of nitrogens with one attached hydrogen (secondary N) is 2. The molecule has 2 aromatic heterocycles. The fraction of sp³-hybridized carbons (Fsp3) is 0.348. The fourth-order valence-electron chi connectivity index (χ4n) is 4.39. The molecule has 4 heterocycles. The van der Waals surface area contributed by atoms with Gasteiger partial charge in [-0.25, -0.2) is 4.98 Å². The molecule has 2 fully saturated rings. The number of aromatic amines is 1. The van der Waals surface area contributed by atoms with E-state index in [9.17, 15) is 4.79 Å². The average Bonchev–Trinajstić information content (AvgIpc) is 3.19. The molecule has 1 saturated heterocycles. The number of hydrogen-bond acceptors (Lipinski definition) is 5. The van der Waals surface area contributed by atoms with Gasteiger partial charge in [-0.15, -0.1) is 0 Å². The summed E-state index contributed by atoms with van der Waals surface area (Å²) in [4.78, 5) is 21.5. The maximum Gasteiger partial charge on any atom is 0.253 e. The summed E-state index contributed by atoms with van der Waals surface area (Å²) >= 11 is 0. The van der Waals surface area contributed by atoms with Gasteiger partial charge >= 0.3 is 0 Å². The third-order valence-electron chi connectivity index (χ3n) is 6.26. The standard InChI is InChI=1S/C23H25N7O/c31-23(28-9-1-2-10-28)17-4-3-5-18(12-17)29-14-21-24-8-11-30(21)22(15-29)25-20-13-19(26-27-20)16-6-7-16/h3-5,8,11-13,15-16H,1-2,6-7,9-10,14H2,(H2,25,26,27). The Hall–Kier alpha value is -3.55. The lowest BCUT2D eigenvalue weighted by Crippen LogP contribution is -2.29. The Labute approximate surface area is 180 Å².